The van der Waals surface area contributed by atoms with E-state index in [2.05, 4.69) is 28.9 Å². The van der Waals surface area contributed by atoms with Crippen molar-refractivity contribution in [2.75, 3.05) is 13.1 Å². The number of hydrogen-bond donors (Lipinski definition) is 0. The predicted octanol–water partition coefficient (Wildman–Crippen LogP) is 5.78. The van der Waals surface area contributed by atoms with E-state index in [0.717, 1.165) is 44.7 Å². The molecule has 1 amide bonds. The Morgan fingerprint density at radius 2 is 1.81 bits per heavy atom. The lowest BCUT2D eigenvalue weighted by Gasteiger charge is -2.27. The van der Waals surface area contributed by atoms with E-state index in [-0.39, 0.29) is 0 Å². The van der Waals surface area contributed by atoms with Crippen LogP contribution in [-0.4, -0.2) is 28.9 Å². The van der Waals surface area contributed by atoms with Crippen molar-refractivity contribution in [3.63, 3.8) is 0 Å². The third kappa shape index (κ3) is 8.33. The SMILES string of the molecule is CCCCCN(CCC1CCCCC1)C(=O)CCCCc1ccncc1. The number of pyridine rings is 1. The number of hydrogen-bond acceptors (Lipinski definition) is 2. The Kier molecular flexibility index (Phi) is 10.4. The predicted molar refractivity (Wildman–Crippen MR) is 109 cm³/mol. The van der Waals surface area contributed by atoms with Gasteiger partial charge in [-0.2, -0.15) is 0 Å². The summed E-state index contributed by atoms with van der Waals surface area (Å²) in [5, 5.41) is 0. The topological polar surface area (TPSA) is 33.2 Å². The summed E-state index contributed by atoms with van der Waals surface area (Å²) in [6, 6.07) is 4.14. The summed E-state index contributed by atoms with van der Waals surface area (Å²) in [5.74, 6) is 1.24. The molecule has 26 heavy (non-hydrogen) atoms. The summed E-state index contributed by atoms with van der Waals surface area (Å²) in [6.07, 6.45) is 19.3. The molecule has 0 saturated heterocycles. The molecule has 0 aliphatic heterocycles. The lowest BCUT2D eigenvalue weighted by atomic mass is 9.87. The monoisotopic (exact) mass is 358 g/mol. The van der Waals surface area contributed by atoms with Crippen LogP contribution in [0.25, 0.3) is 0 Å². The zero-order chi connectivity index (χ0) is 18.5. The molecule has 0 bridgehead atoms. The Bertz CT molecular complexity index is 482. The van der Waals surface area contributed by atoms with Gasteiger partial charge in [0.05, 0.1) is 0 Å². The van der Waals surface area contributed by atoms with Gasteiger partial charge < -0.3 is 4.90 Å². The molecule has 1 aliphatic carbocycles. The summed E-state index contributed by atoms with van der Waals surface area (Å²) in [6.45, 7) is 4.18. The van der Waals surface area contributed by atoms with Crippen molar-refractivity contribution in [2.24, 2.45) is 5.92 Å². The van der Waals surface area contributed by atoms with Gasteiger partial charge in [0.15, 0.2) is 0 Å². The van der Waals surface area contributed by atoms with Crippen LogP contribution in [-0.2, 0) is 11.2 Å². The third-order valence-electron chi connectivity index (χ3n) is 5.77. The maximum atomic E-state index is 12.7. The first-order valence-electron chi connectivity index (χ1n) is 11.0. The average molecular weight is 359 g/mol. The summed E-state index contributed by atoms with van der Waals surface area (Å²) in [5.41, 5.74) is 1.32. The summed E-state index contributed by atoms with van der Waals surface area (Å²) < 4.78 is 0. The fourth-order valence-electron chi connectivity index (χ4n) is 4.04. The minimum absolute atomic E-state index is 0.381. The van der Waals surface area contributed by atoms with E-state index in [9.17, 15) is 4.79 Å². The molecule has 3 heteroatoms. The van der Waals surface area contributed by atoms with E-state index >= 15 is 0 Å². The Hall–Kier alpha value is -1.38. The normalized spacial score (nSPS) is 15.1. The van der Waals surface area contributed by atoms with Gasteiger partial charge in [0.1, 0.15) is 0 Å². The second-order valence-electron chi connectivity index (χ2n) is 7.94. The molecule has 1 fully saturated rings. The molecule has 0 unspecified atom stereocenters. The minimum Gasteiger partial charge on any atom is -0.343 e. The number of carbonyl (C=O) groups excluding carboxylic acids is 1. The van der Waals surface area contributed by atoms with Gasteiger partial charge in [0.2, 0.25) is 5.91 Å². The van der Waals surface area contributed by atoms with E-state index in [1.54, 1.807) is 0 Å². The second-order valence-corrected chi connectivity index (χ2v) is 7.94. The third-order valence-corrected chi connectivity index (χ3v) is 5.77. The van der Waals surface area contributed by atoms with Crippen LogP contribution in [0, 0.1) is 5.92 Å². The van der Waals surface area contributed by atoms with Crippen LogP contribution >= 0.6 is 0 Å². The average Bonchev–Trinajstić information content (AvgIpc) is 2.69. The highest BCUT2D eigenvalue weighted by atomic mass is 16.2. The number of aryl methyl sites for hydroxylation is 1. The van der Waals surface area contributed by atoms with Gasteiger partial charge in [-0.3, -0.25) is 9.78 Å². The molecule has 3 nitrogen and oxygen atoms in total. The number of nitrogens with zero attached hydrogens (tertiary/aromatic N) is 2. The Morgan fingerprint density at radius 3 is 2.54 bits per heavy atom. The molecule has 2 rings (SSSR count). The highest BCUT2D eigenvalue weighted by Crippen LogP contribution is 2.26. The fraction of sp³-hybridized carbons (Fsp3) is 0.739. The van der Waals surface area contributed by atoms with Crippen LogP contribution in [0.1, 0.15) is 89.5 Å². The van der Waals surface area contributed by atoms with E-state index < -0.39 is 0 Å². The first-order valence-corrected chi connectivity index (χ1v) is 11.0. The molecular formula is C23H38N2O. The van der Waals surface area contributed by atoms with Crippen molar-refractivity contribution in [3.8, 4) is 0 Å². The van der Waals surface area contributed by atoms with Crippen LogP contribution < -0.4 is 0 Å². The zero-order valence-corrected chi connectivity index (χ0v) is 16.8. The fourth-order valence-corrected chi connectivity index (χ4v) is 4.04. The molecule has 0 atom stereocenters. The van der Waals surface area contributed by atoms with Crippen LogP contribution in [0.3, 0.4) is 0 Å². The Labute approximate surface area is 160 Å². The maximum Gasteiger partial charge on any atom is 0.222 e. The first kappa shape index (κ1) is 20.9. The molecule has 0 aromatic carbocycles. The van der Waals surface area contributed by atoms with Crippen LogP contribution in [0.2, 0.25) is 0 Å². The standard InChI is InChI=1S/C23H38N2O/c1-2-3-9-19-25(20-16-21-10-5-4-6-11-21)23(26)13-8-7-12-22-14-17-24-18-15-22/h14-15,17-18,21H,2-13,16,19-20H2,1H3. The van der Waals surface area contributed by atoms with E-state index in [1.807, 2.05) is 12.4 Å². The Morgan fingerprint density at radius 1 is 1.04 bits per heavy atom. The van der Waals surface area contributed by atoms with Gasteiger partial charge in [-0.25, -0.2) is 0 Å². The number of aromatic nitrogens is 1. The van der Waals surface area contributed by atoms with Crippen LogP contribution in [0.4, 0.5) is 0 Å². The smallest absolute Gasteiger partial charge is 0.222 e. The summed E-state index contributed by atoms with van der Waals surface area (Å²) in [4.78, 5) is 19.0. The largest absolute Gasteiger partial charge is 0.343 e. The van der Waals surface area contributed by atoms with Crippen LogP contribution in [0.5, 0.6) is 0 Å². The lowest BCUT2D eigenvalue weighted by Crippen LogP contribution is -2.34. The number of amides is 1. The van der Waals surface area contributed by atoms with Gasteiger partial charge in [0.25, 0.3) is 0 Å². The van der Waals surface area contributed by atoms with Crippen molar-refractivity contribution >= 4 is 5.91 Å². The molecule has 1 saturated carbocycles. The lowest BCUT2D eigenvalue weighted by molar-refractivity contribution is -0.131. The van der Waals surface area contributed by atoms with Gasteiger partial charge in [-0.15, -0.1) is 0 Å². The van der Waals surface area contributed by atoms with Crippen molar-refractivity contribution in [3.05, 3.63) is 30.1 Å². The molecule has 0 radical (unpaired) electrons. The number of unbranched alkanes of at least 4 members (excludes halogenated alkanes) is 3. The number of carbonyl (C=O) groups is 1. The maximum absolute atomic E-state index is 12.7. The van der Waals surface area contributed by atoms with Crippen molar-refractivity contribution in [1.29, 1.82) is 0 Å². The molecule has 1 aromatic heterocycles. The molecular weight excluding hydrogens is 320 g/mol. The summed E-state index contributed by atoms with van der Waals surface area (Å²) in [7, 11) is 0. The molecule has 1 aromatic rings. The summed E-state index contributed by atoms with van der Waals surface area (Å²) >= 11 is 0. The minimum atomic E-state index is 0.381. The van der Waals surface area contributed by atoms with Gasteiger partial charge in [0, 0.05) is 31.9 Å². The van der Waals surface area contributed by atoms with E-state index in [4.69, 9.17) is 0 Å². The highest BCUT2D eigenvalue weighted by Gasteiger charge is 2.17. The van der Waals surface area contributed by atoms with Crippen LogP contribution in [0.15, 0.2) is 24.5 Å². The molecule has 1 heterocycles. The van der Waals surface area contributed by atoms with Crippen molar-refractivity contribution in [1.82, 2.24) is 9.88 Å². The quantitative estimate of drug-likeness (QED) is 0.443. The highest BCUT2D eigenvalue weighted by molar-refractivity contribution is 5.76. The Balaban J connectivity index is 1.70. The molecule has 146 valence electrons. The van der Waals surface area contributed by atoms with Gasteiger partial charge in [-0.1, -0.05) is 51.9 Å². The molecule has 1 aliphatic rings. The van der Waals surface area contributed by atoms with Gasteiger partial charge in [-0.05, 0) is 55.7 Å². The van der Waals surface area contributed by atoms with E-state index in [0.29, 0.717) is 12.3 Å². The van der Waals surface area contributed by atoms with Crippen molar-refractivity contribution < 1.29 is 4.79 Å². The van der Waals surface area contributed by atoms with E-state index in [1.165, 1.54) is 56.9 Å². The zero-order valence-electron chi connectivity index (χ0n) is 16.8. The second kappa shape index (κ2) is 12.9. The molecule has 0 N–H and O–H groups in total. The van der Waals surface area contributed by atoms with Gasteiger partial charge >= 0.3 is 0 Å². The first-order chi connectivity index (χ1) is 12.8. The molecule has 0 spiro atoms. The van der Waals surface area contributed by atoms with Crippen molar-refractivity contribution in [2.45, 2.75) is 90.4 Å². The number of rotatable bonds is 12.